The van der Waals surface area contributed by atoms with Crippen LogP contribution >= 0.6 is 11.6 Å². The number of methoxy groups -OCH3 is 2. The van der Waals surface area contributed by atoms with E-state index in [-0.39, 0.29) is 29.4 Å². The number of phenolic OH excluding ortho intramolecular Hbond substituents is 1. The molecule has 36 heavy (non-hydrogen) atoms. The van der Waals surface area contributed by atoms with E-state index < -0.39 is 23.5 Å². The van der Waals surface area contributed by atoms with E-state index in [0.29, 0.717) is 46.9 Å². The van der Waals surface area contributed by atoms with Crippen molar-refractivity contribution in [3.8, 4) is 17.2 Å². The molecule has 2 N–H and O–H groups in total. The van der Waals surface area contributed by atoms with Crippen molar-refractivity contribution in [2.45, 2.75) is 19.4 Å². The molecule has 1 aliphatic rings. The maximum absolute atomic E-state index is 13.7. The number of fused-ring (bicyclic) bond motifs is 1. The van der Waals surface area contributed by atoms with E-state index in [1.165, 1.54) is 24.1 Å². The van der Waals surface area contributed by atoms with Gasteiger partial charge in [0.25, 0.3) is 5.91 Å². The van der Waals surface area contributed by atoms with Crippen molar-refractivity contribution < 1.29 is 38.4 Å². The van der Waals surface area contributed by atoms with Gasteiger partial charge in [0.15, 0.2) is 34.4 Å². The van der Waals surface area contributed by atoms with Gasteiger partial charge < -0.3 is 33.7 Å². The van der Waals surface area contributed by atoms with E-state index in [4.69, 9.17) is 30.2 Å². The van der Waals surface area contributed by atoms with Crippen molar-refractivity contribution >= 4 is 34.3 Å². The van der Waals surface area contributed by atoms with Crippen LogP contribution in [0.5, 0.6) is 17.2 Å². The topological polar surface area (TPSA) is 119 Å². The fourth-order valence-corrected chi connectivity index (χ4v) is 4.51. The first-order chi connectivity index (χ1) is 17.3. The molecule has 0 aliphatic carbocycles. The molecule has 0 fully saturated rings. The molecule has 0 saturated carbocycles. The molecule has 1 atom stereocenters. The van der Waals surface area contributed by atoms with Crippen LogP contribution < -0.4 is 9.47 Å². The Morgan fingerprint density at radius 2 is 1.92 bits per heavy atom. The molecular formula is C26H26ClNO8. The smallest absolute Gasteiger partial charge is 0.290 e. The molecule has 2 heterocycles. The zero-order valence-corrected chi connectivity index (χ0v) is 20.8. The first-order valence-corrected chi connectivity index (χ1v) is 11.7. The molecule has 1 aromatic heterocycles. The van der Waals surface area contributed by atoms with Crippen LogP contribution in [0, 0.1) is 0 Å². The summed E-state index contributed by atoms with van der Waals surface area (Å²) in [5, 5.41) is 22.0. The zero-order valence-electron chi connectivity index (χ0n) is 20.0. The number of ketones is 1. The summed E-state index contributed by atoms with van der Waals surface area (Å²) >= 11 is 6.15. The fourth-order valence-electron chi connectivity index (χ4n) is 4.30. The first-order valence-electron chi connectivity index (χ1n) is 11.3. The predicted molar refractivity (Wildman–Crippen MR) is 132 cm³/mol. The molecule has 0 bridgehead atoms. The average molecular weight is 516 g/mol. The Bertz CT molecular complexity index is 1350. The highest BCUT2D eigenvalue weighted by molar-refractivity contribution is 6.31. The number of phenols is 1. The van der Waals surface area contributed by atoms with E-state index in [0.717, 1.165) is 0 Å². The van der Waals surface area contributed by atoms with Crippen molar-refractivity contribution in [1.29, 1.82) is 0 Å². The molecule has 1 amide bonds. The molecule has 190 valence electrons. The summed E-state index contributed by atoms with van der Waals surface area (Å²) in [5.74, 6) is -1.66. The van der Waals surface area contributed by atoms with Gasteiger partial charge in [0.1, 0.15) is 0 Å². The fraction of sp³-hybridized carbons (Fsp3) is 0.308. The number of amides is 1. The lowest BCUT2D eigenvalue weighted by Crippen LogP contribution is -2.32. The third-order valence-corrected chi connectivity index (χ3v) is 6.10. The molecule has 10 heteroatoms. The second kappa shape index (κ2) is 10.5. The second-order valence-corrected chi connectivity index (χ2v) is 8.57. The summed E-state index contributed by atoms with van der Waals surface area (Å²) in [6.07, 6.45) is 0.476. The molecule has 0 radical (unpaired) electrons. The van der Waals surface area contributed by atoms with Crippen LogP contribution in [0.3, 0.4) is 0 Å². The van der Waals surface area contributed by atoms with Crippen LogP contribution in [0.4, 0.5) is 0 Å². The lowest BCUT2D eigenvalue weighted by molar-refractivity contribution is -0.129. The summed E-state index contributed by atoms with van der Waals surface area (Å²) in [6.45, 7) is 2.66. The van der Waals surface area contributed by atoms with Gasteiger partial charge in [0, 0.05) is 36.7 Å². The van der Waals surface area contributed by atoms with Crippen molar-refractivity contribution in [1.82, 2.24) is 4.90 Å². The molecule has 3 aromatic rings. The van der Waals surface area contributed by atoms with Gasteiger partial charge in [-0.2, -0.15) is 0 Å². The number of Topliss-reactive ketones (excluding diaryl/α,β-unsaturated/α-hetero) is 1. The van der Waals surface area contributed by atoms with Crippen LogP contribution in [0.25, 0.3) is 11.0 Å². The largest absolute Gasteiger partial charge is 0.504 e. The van der Waals surface area contributed by atoms with Gasteiger partial charge in [-0.1, -0.05) is 17.7 Å². The number of hydrogen-bond donors (Lipinski definition) is 2. The maximum atomic E-state index is 13.7. The number of carbonyl (C=O) groups is 2. The van der Waals surface area contributed by atoms with Crippen molar-refractivity contribution in [3.05, 3.63) is 64.1 Å². The third kappa shape index (κ3) is 4.59. The van der Waals surface area contributed by atoms with Crippen LogP contribution in [0.15, 0.2) is 52.1 Å². The van der Waals surface area contributed by atoms with Crippen LogP contribution in [0.2, 0.25) is 5.02 Å². The number of rotatable bonds is 10. The van der Waals surface area contributed by atoms with Crippen LogP contribution in [-0.2, 0) is 9.53 Å². The monoisotopic (exact) mass is 515 g/mol. The second-order valence-electron chi connectivity index (χ2n) is 8.14. The van der Waals surface area contributed by atoms with Crippen molar-refractivity contribution in [3.63, 3.8) is 0 Å². The molecule has 9 nitrogen and oxygen atoms in total. The third-order valence-electron chi connectivity index (χ3n) is 5.89. The Balaban J connectivity index is 1.82. The van der Waals surface area contributed by atoms with E-state index in [1.807, 2.05) is 0 Å². The number of aromatic hydroxyl groups is 1. The minimum absolute atomic E-state index is 0.0850. The summed E-state index contributed by atoms with van der Waals surface area (Å²) in [6, 6.07) is 8.27. The minimum atomic E-state index is -0.944. The number of furan rings is 1. The lowest BCUT2D eigenvalue weighted by atomic mass is 9.94. The highest BCUT2D eigenvalue weighted by Crippen LogP contribution is 2.42. The van der Waals surface area contributed by atoms with Crippen LogP contribution in [-0.4, -0.2) is 60.8 Å². The normalized spacial score (nSPS) is 15.7. The standard InChI is InChI=1S/C26H26ClNO8/c1-4-35-18-11-14(6-7-17(18)29)22-21(24(31)26(32)28(22)8-5-9-33-2)23(30)19-12-15-10-16(27)13-20(34-3)25(15)36-19/h6-7,10-13,22,29,31H,4-5,8-9H2,1-3H3. The van der Waals surface area contributed by atoms with Gasteiger partial charge in [-0.05, 0) is 43.2 Å². The molecule has 2 aromatic carbocycles. The molecule has 1 unspecified atom stereocenters. The molecule has 4 rings (SSSR count). The number of nitrogens with zero attached hydrogens (tertiary/aromatic N) is 1. The molecular weight excluding hydrogens is 490 g/mol. The van der Waals surface area contributed by atoms with Crippen molar-refractivity contribution in [2.24, 2.45) is 0 Å². The van der Waals surface area contributed by atoms with Gasteiger partial charge in [0.05, 0.1) is 25.3 Å². The Kier molecular flexibility index (Phi) is 7.42. The quantitative estimate of drug-likeness (QED) is 0.291. The summed E-state index contributed by atoms with van der Waals surface area (Å²) < 4.78 is 21.7. The number of benzene rings is 2. The van der Waals surface area contributed by atoms with E-state index >= 15 is 0 Å². The van der Waals surface area contributed by atoms with Gasteiger partial charge in [-0.15, -0.1) is 0 Å². The minimum Gasteiger partial charge on any atom is -0.504 e. The van der Waals surface area contributed by atoms with E-state index in [9.17, 15) is 19.8 Å². The number of halogens is 1. The van der Waals surface area contributed by atoms with E-state index in [2.05, 4.69) is 0 Å². The summed E-state index contributed by atoms with van der Waals surface area (Å²) in [7, 11) is 3.00. The predicted octanol–water partition coefficient (Wildman–Crippen LogP) is 4.81. The van der Waals surface area contributed by atoms with Crippen molar-refractivity contribution in [2.75, 3.05) is 34.0 Å². The maximum Gasteiger partial charge on any atom is 0.290 e. The Hall–Kier alpha value is -3.69. The van der Waals surface area contributed by atoms with Gasteiger partial charge >= 0.3 is 0 Å². The number of hydrogen-bond acceptors (Lipinski definition) is 8. The van der Waals surface area contributed by atoms with Gasteiger partial charge in [-0.3, -0.25) is 9.59 Å². The number of aliphatic hydroxyl groups is 1. The van der Waals surface area contributed by atoms with Crippen LogP contribution in [0.1, 0.15) is 35.5 Å². The highest BCUT2D eigenvalue weighted by Gasteiger charge is 2.44. The molecule has 0 spiro atoms. The van der Waals surface area contributed by atoms with Gasteiger partial charge in [-0.25, -0.2) is 0 Å². The Morgan fingerprint density at radius 3 is 2.61 bits per heavy atom. The lowest BCUT2D eigenvalue weighted by Gasteiger charge is -2.27. The first kappa shape index (κ1) is 25.4. The average Bonchev–Trinajstić information content (AvgIpc) is 3.39. The number of aliphatic hydroxyl groups excluding tert-OH is 1. The Labute approximate surface area is 212 Å². The SMILES string of the molecule is CCOc1cc(C2C(C(=O)c3cc4cc(Cl)cc(OC)c4o3)=C(O)C(=O)N2CCCOC)ccc1O. The van der Waals surface area contributed by atoms with E-state index in [1.54, 1.807) is 38.3 Å². The molecule has 1 aliphatic heterocycles. The Morgan fingerprint density at radius 1 is 1.14 bits per heavy atom. The van der Waals surface area contributed by atoms with Gasteiger partial charge in [0.2, 0.25) is 5.78 Å². The number of carbonyl (C=O) groups excluding carboxylic acids is 2. The number of ether oxygens (including phenoxy) is 3. The summed E-state index contributed by atoms with van der Waals surface area (Å²) in [5.41, 5.74) is 0.646. The zero-order chi connectivity index (χ0) is 26.0. The molecule has 0 saturated heterocycles. The summed E-state index contributed by atoms with van der Waals surface area (Å²) in [4.78, 5) is 28.2. The highest BCUT2D eigenvalue weighted by atomic mass is 35.5.